The normalized spacial score (nSPS) is 38.6. The maximum atomic E-state index is 2.80. The highest BCUT2D eigenvalue weighted by Gasteiger charge is 2.62. The molecule has 18 fully saturated rings. The first-order chi connectivity index (χ1) is 47.5. The number of hydrogen-bond donors (Lipinski definition) is 0. The van der Waals surface area contributed by atoms with Crippen molar-refractivity contribution in [3.63, 3.8) is 0 Å². The predicted molar refractivity (Wildman–Crippen MR) is 444 cm³/mol. The van der Waals surface area contributed by atoms with Gasteiger partial charge in [0.1, 0.15) is 0 Å². The third-order valence-corrected chi connectivity index (χ3v) is 31.7. The summed E-state index contributed by atoms with van der Waals surface area (Å²) in [6.45, 7) is 67.8. The van der Waals surface area contributed by atoms with Crippen LogP contribution in [0.5, 0.6) is 0 Å². The Hall–Kier alpha value is -0.280. The van der Waals surface area contributed by atoms with Crippen molar-refractivity contribution >= 4 is 0 Å². The van der Waals surface area contributed by atoms with Gasteiger partial charge in [-0.25, -0.2) is 0 Å². The summed E-state index contributed by atoms with van der Waals surface area (Å²) in [6, 6.07) is 5.55. The Kier molecular flexibility index (Phi) is 28.4. The maximum Gasteiger partial charge on any atom is 0.0160 e. The molecule has 9 aliphatic carbocycles. The molecule has 9 saturated carbocycles. The Morgan fingerprint density at radius 3 is 1.05 bits per heavy atom. The Morgan fingerprint density at radius 2 is 0.627 bits per heavy atom. The first-order valence-corrected chi connectivity index (χ1v) is 45.9. The van der Waals surface area contributed by atoms with Crippen molar-refractivity contribution in [2.75, 3.05) is 52.4 Å². The molecule has 18 rings (SSSR count). The number of rotatable bonds is 0. The van der Waals surface area contributed by atoms with Crippen LogP contribution in [0.15, 0.2) is 0 Å². The highest BCUT2D eigenvalue weighted by atomic mass is 15.3. The summed E-state index contributed by atoms with van der Waals surface area (Å²) in [5.41, 5.74) is 4.19. The van der Waals surface area contributed by atoms with Gasteiger partial charge < -0.3 is 0 Å². The molecule has 594 valence electrons. The summed E-state index contributed by atoms with van der Waals surface area (Å²) in [5, 5.41) is 0. The summed E-state index contributed by atoms with van der Waals surface area (Å²) in [4.78, 5) is 19.2. The minimum absolute atomic E-state index is 0.386. The van der Waals surface area contributed by atoms with E-state index in [0.717, 1.165) is 107 Å². The minimum atomic E-state index is 0.386. The summed E-state index contributed by atoms with van der Waals surface area (Å²) in [6.07, 6.45) is 55.2. The Labute approximate surface area is 637 Å². The first kappa shape index (κ1) is 84.2. The fourth-order valence-corrected chi connectivity index (χ4v) is 26.4. The van der Waals surface area contributed by atoms with E-state index >= 15 is 0 Å². The molecule has 0 amide bonds. The van der Waals surface area contributed by atoms with Crippen LogP contribution in [0.3, 0.4) is 0 Å². The van der Waals surface area contributed by atoms with Crippen LogP contribution in [0.2, 0.25) is 0 Å². The van der Waals surface area contributed by atoms with Crippen LogP contribution >= 0.6 is 0 Å². The lowest BCUT2D eigenvalue weighted by molar-refractivity contribution is -0.190. The van der Waals surface area contributed by atoms with Gasteiger partial charge in [-0.3, -0.25) is 34.3 Å². The van der Waals surface area contributed by atoms with E-state index in [2.05, 4.69) is 200 Å². The highest BCUT2D eigenvalue weighted by Crippen LogP contribution is 2.65. The predicted octanol–water partition coefficient (Wildman–Crippen LogP) is 24.3. The summed E-state index contributed by atoms with van der Waals surface area (Å²) in [5.74, 6) is 11.5. The van der Waals surface area contributed by atoms with E-state index in [9.17, 15) is 0 Å². The van der Waals surface area contributed by atoms with Gasteiger partial charge >= 0.3 is 0 Å². The minimum Gasteiger partial charge on any atom is -0.298 e. The van der Waals surface area contributed by atoms with Gasteiger partial charge in [-0.2, -0.15) is 0 Å². The molecule has 15 unspecified atom stereocenters. The molecule has 15 atom stereocenters. The zero-order chi connectivity index (χ0) is 74.2. The van der Waals surface area contributed by atoms with E-state index in [1.807, 2.05) is 0 Å². The van der Waals surface area contributed by atoms with Crippen molar-refractivity contribution in [1.82, 2.24) is 34.3 Å². The molecule has 0 aromatic rings. The molecular weight excluding hydrogens is 1240 g/mol. The number of likely N-dealkylation sites (tertiary alicyclic amines) is 5. The molecule has 18 aliphatic rings. The van der Waals surface area contributed by atoms with Gasteiger partial charge in [-0.15, -0.1) is 0 Å². The van der Waals surface area contributed by atoms with Crippen LogP contribution in [0.4, 0.5) is 0 Å². The van der Waals surface area contributed by atoms with E-state index < -0.39 is 0 Å². The average molecular weight is 1420 g/mol. The van der Waals surface area contributed by atoms with Crippen molar-refractivity contribution < 1.29 is 0 Å². The van der Waals surface area contributed by atoms with Crippen LogP contribution < -0.4 is 0 Å². The second kappa shape index (κ2) is 34.4. The van der Waals surface area contributed by atoms with Crippen LogP contribution in [0, 0.1) is 75.9 Å². The molecule has 0 aromatic carbocycles. The zero-order valence-corrected chi connectivity index (χ0v) is 73.3. The first-order valence-electron chi connectivity index (χ1n) is 45.9. The van der Waals surface area contributed by atoms with Crippen LogP contribution in [-0.2, 0) is 0 Å². The number of hydrogen-bond acceptors (Lipinski definition) is 7. The maximum absolute atomic E-state index is 2.80. The van der Waals surface area contributed by atoms with E-state index in [1.54, 1.807) is 0 Å². The van der Waals surface area contributed by atoms with Gasteiger partial charge in [-0.1, -0.05) is 78.6 Å². The zero-order valence-electron chi connectivity index (χ0n) is 73.3. The quantitative estimate of drug-likeness (QED) is 0.238. The third kappa shape index (κ3) is 21.9. The summed E-state index contributed by atoms with van der Waals surface area (Å²) >= 11 is 0. The smallest absolute Gasteiger partial charge is 0.0160 e. The topological polar surface area (TPSA) is 22.7 Å². The molecule has 102 heavy (non-hydrogen) atoms. The second-order valence-electron chi connectivity index (χ2n) is 47.1. The van der Waals surface area contributed by atoms with E-state index in [0.29, 0.717) is 44.2 Å². The lowest BCUT2D eigenvalue weighted by atomic mass is 9.44. The highest BCUT2D eigenvalue weighted by molar-refractivity contribution is 5.15. The van der Waals surface area contributed by atoms with Gasteiger partial charge in [0.25, 0.3) is 0 Å². The number of nitrogens with zero attached hydrogens (tertiary/aromatic N) is 7. The molecule has 7 nitrogen and oxygen atoms in total. The second-order valence-corrected chi connectivity index (χ2v) is 47.1. The molecule has 9 saturated heterocycles. The number of piperidine rings is 6. The third-order valence-electron chi connectivity index (χ3n) is 31.7. The summed E-state index contributed by atoms with van der Waals surface area (Å²) in [7, 11) is 0. The lowest BCUT2D eigenvalue weighted by Gasteiger charge is -2.69. The number of fused-ring (bicyclic) bond motifs is 16. The Bertz CT molecular complexity index is 2400. The molecular formula is C95H179N7. The van der Waals surface area contributed by atoms with E-state index in [4.69, 9.17) is 0 Å². The Morgan fingerprint density at radius 1 is 0.245 bits per heavy atom. The monoisotopic (exact) mass is 1420 g/mol. The van der Waals surface area contributed by atoms with Gasteiger partial charge in [0.15, 0.2) is 0 Å². The van der Waals surface area contributed by atoms with Crippen LogP contribution in [-0.4, -0.2) is 162 Å². The van der Waals surface area contributed by atoms with Crippen molar-refractivity contribution in [3.05, 3.63) is 0 Å². The molecule has 9 heterocycles. The molecule has 14 bridgehead atoms. The lowest BCUT2D eigenvalue weighted by Crippen LogP contribution is -2.69. The SMILES string of the molecule is CC(C)(C)C1C2CCCC1CC2.CC(C)(C)N1C2CCCC1CC2.CC(C)(C)N1CC2CCC1C2.CC(C)(C)N1CC2CCC1CC2.CC(C)(C)N1CC2CCCC(CC2)C1.CC(C)(C)N1CCC2CCC23CCC13.CC(C)(C)N1CCC2CCCC(C2)C1.CC(C)(C)N1CCC2CCCC1C2. The summed E-state index contributed by atoms with van der Waals surface area (Å²) < 4.78 is 0. The molecule has 9 aliphatic heterocycles. The molecule has 0 aromatic heterocycles. The van der Waals surface area contributed by atoms with Gasteiger partial charge in [0.05, 0.1) is 0 Å². The van der Waals surface area contributed by atoms with E-state index in [-0.39, 0.29) is 0 Å². The van der Waals surface area contributed by atoms with Gasteiger partial charge in [-0.05, 0) is 421 Å². The standard InChI is InChI=1S/C13H23N.2C13H25N.C12H23N.C12H22.2C11H21N.C10H19N/c1-12(2,3)14-9-6-10-4-7-13(10)8-5-11(13)14;1-13(2,3)14-8-7-11-5-4-6-12(9-11)10-14;1-13(2,3)14-9-11-5-4-6-12(10-14)8-7-11;1-12(2,3)13-8-7-10-5-4-6-11(13)9-10;1-12(2,3)11-9-5-4-6-10(11)8-7-9;1-11(2,3)12-8-9-4-6-10(12)7-5-9;1-11(2,3)12-9-5-4-6-10(12)8-7-9;1-10(2,3)11-7-8-4-5-9(11)6-8/h10-11H,4-9H2,1-3H3;2*11-12H,4-10H2,1-3H3;10-11H,4-9H2,1-3H3;9-11H,4-8H2,1-3H3;2*9-10H,4-8H2,1-3H3;8-9H,4-7H2,1-3H3. The van der Waals surface area contributed by atoms with E-state index in [1.165, 1.54) is 290 Å². The van der Waals surface area contributed by atoms with Gasteiger partial charge in [0.2, 0.25) is 0 Å². The Balaban J connectivity index is 0.000000126. The average Bonchev–Trinajstić information content (AvgIpc) is 0.968. The molecule has 1 spiro atoms. The fraction of sp³-hybridized carbons (Fsp3) is 1.00. The van der Waals surface area contributed by atoms with Crippen molar-refractivity contribution in [3.8, 4) is 0 Å². The molecule has 0 N–H and O–H groups in total. The van der Waals surface area contributed by atoms with Crippen molar-refractivity contribution in [2.45, 2.75) is 479 Å². The van der Waals surface area contributed by atoms with Crippen molar-refractivity contribution in [2.24, 2.45) is 75.9 Å². The van der Waals surface area contributed by atoms with Crippen molar-refractivity contribution in [1.29, 1.82) is 0 Å². The van der Waals surface area contributed by atoms with Crippen LogP contribution in [0.1, 0.15) is 404 Å². The molecule has 7 heteroatoms. The fourth-order valence-electron chi connectivity index (χ4n) is 26.4. The largest absolute Gasteiger partial charge is 0.298 e. The van der Waals surface area contributed by atoms with Gasteiger partial charge in [0, 0.05) is 108 Å². The van der Waals surface area contributed by atoms with Crippen LogP contribution in [0.25, 0.3) is 0 Å². The molecule has 0 radical (unpaired) electrons.